The Hall–Kier alpha value is -7.96. The van der Waals surface area contributed by atoms with E-state index in [1.807, 2.05) is 78.9 Å². The number of benzene rings is 9. The number of hydrogen-bond donors (Lipinski definition) is 4. The van der Waals surface area contributed by atoms with Crippen LogP contribution < -0.4 is 10.1 Å². The first-order valence-electron chi connectivity index (χ1n) is 19.3. The molecule has 9 aromatic rings. The summed E-state index contributed by atoms with van der Waals surface area (Å²) >= 11 is 0. The molecular weight excluding hydrogens is 855 g/mol. The molecule has 0 radical (unpaired) electrons. The van der Waals surface area contributed by atoms with Crippen molar-refractivity contribution in [2.24, 2.45) is 30.7 Å². The van der Waals surface area contributed by atoms with Crippen molar-refractivity contribution in [1.82, 2.24) is 0 Å². The number of anilines is 2. The van der Waals surface area contributed by atoms with Crippen LogP contribution in [0.1, 0.15) is 0 Å². The molecule has 9 rings (SSSR count). The van der Waals surface area contributed by atoms with E-state index in [1.54, 1.807) is 42.5 Å². The zero-order valence-corrected chi connectivity index (χ0v) is 35.0. The smallest absolute Gasteiger partial charge is 0.295 e. The molecule has 15 nitrogen and oxygen atoms in total. The number of fused-ring (bicyclic) bond motifs is 4. The molecule has 0 heterocycles. The van der Waals surface area contributed by atoms with Gasteiger partial charge in [-0.1, -0.05) is 72.8 Å². The van der Waals surface area contributed by atoms with Crippen molar-refractivity contribution in [1.29, 1.82) is 0 Å². The lowest BCUT2D eigenvalue weighted by Crippen LogP contribution is -1.98. The fraction of sp³-hybridized carbons (Fsp3) is 0.0213. The van der Waals surface area contributed by atoms with Crippen molar-refractivity contribution in [3.05, 3.63) is 158 Å². The van der Waals surface area contributed by atoms with Gasteiger partial charge in [-0.2, -0.15) is 21.9 Å². The van der Waals surface area contributed by atoms with E-state index < -0.39 is 20.2 Å². The van der Waals surface area contributed by atoms with Gasteiger partial charge >= 0.3 is 0 Å². The Kier molecular flexibility index (Phi) is 10.8. The molecule has 0 amide bonds. The number of ether oxygens (including phenoxy) is 1. The number of para-hydroxylation sites is 1. The molecule has 0 unspecified atom stereocenters. The minimum atomic E-state index is -4.63. The third-order valence-electron chi connectivity index (χ3n) is 10.4. The lowest BCUT2D eigenvalue weighted by molar-refractivity contribution is 0.416. The molecule has 0 atom stereocenters. The van der Waals surface area contributed by atoms with Gasteiger partial charge in [-0.25, -0.2) is 0 Å². The first-order valence-corrected chi connectivity index (χ1v) is 22.2. The van der Waals surface area contributed by atoms with Crippen LogP contribution in [0.5, 0.6) is 11.5 Å². The SMILES string of the molecule is COc1cc(N=Nc2ccc(N=Nc3ccc4cccc(S(=O)(=O)O)c4c3)c3ccc(S(=O)(=O)O)cc23)c2ccccc2c1N=Nc1ccc2cc(Nc3ccccc3)ccc2c1O. The van der Waals surface area contributed by atoms with E-state index >= 15 is 0 Å². The number of nitrogens with zero attached hydrogens (tertiary/aromatic N) is 6. The second-order valence-corrected chi connectivity index (χ2v) is 17.2. The number of phenolic OH excluding ortho intramolecular Hbond substituents is 1. The van der Waals surface area contributed by atoms with E-state index in [-0.39, 0.29) is 43.4 Å². The summed E-state index contributed by atoms with van der Waals surface area (Å²) in [7, 11) is -7.68. The van der Waals surface area contributed by atoms with Crippen LogP contribution in [0.3, 0.4) is 0 Å². The van der Waals surface area contributed by atoms with Gasteiger partial charge in [-0.3, -0.25) is 9.11 Å². The Bertz CT molecular complexity index is 3660. The van der Waals surface area contributed by atoms with Gasteiger partial charge in [0.15, 0.2) is 5.75 Å². The lowest BCUT2D eigenvalue weighted by atomic mass is 10.1. The molecule has 0 spiro atoms. The number of aromatic hydroxyl groups is 1. The Morgan fingerprint density at radius 1 is 0.469 bits per heavy atom. The minimum Gasteiger partial charge on any atom is -0.505 e. The van der Waals surface area contributed by atoms with Gasteiger partial charge in [0.2, 0.25) is 0 Å². The van der Waals surface area contributed by atoms with Gasteiger partial charge in [-0.05, 0) is 89.6 Å². The molecule has 0 aliphatic carbocycles. The van der Waals surface area contributed by atoms with Gasteiger partial charge in [-0.15, -0.1) is 25.6 Å². The molecule has 17 heteroatoms. The molecule has 0 bridgehead atoms. The van der Waals surface area contributed by atoms with Gasteiger partial charge in [0.1, 0.15) is 22.0 Å². The molecule has 0 aliphatic rings. The molecule has 0 saturated heterocycles. The van der Waals surface area contributed by atoms with Gasteiger partial charge in [0.05, 0.1) is 34.8 Å². The fourth-order valence-corrected chi connectivity index (χ4v) is 8.49. The van der Waals surface area contributed by atoms with Crippen LogP contribution in [0.25, 0.3) is 43.1 Å². The largest absolute Gasteiger partial charge is 0.505 e. The number of azo groups is 3. The Balaban J connectivity index is 1.06. The first kappa shape index (κ1) is 41.4. The first-order chi connectivity index (χ1) is 30.8. The highest BCUT2D eigenvalue weighted by atomic mass is 32.2. The summed E-state index contributed by atoms with van der Waals surface area (Å²) in [6, 6.07) is 44.1. The standard InChI is InChI=1S/C47H33N7O8S2/c1-62-44-27-43(35-11-5-6-12-37(35)46(44)54-52-42-21-15-29-24-31(17-19-34(29)47(42)55)48-30-9-3-2-4-10-30)53-51-41-23-22-40(36-20-18-33(26-39(36)41)63(56,57)58)50-49-32-16-14-28-8-7-13-45(38(28)25-32)64(59,60)61/h2-27,48,55H,1H3,(H,56,57,58)(H,59,60,61). The second-order valence-electron chi connectivity index (χ2n) is 14.4. The van der Waals surface area contributed by atoms with Crippen LogP contribution in [0.15, 0.2) is 198 Å². The number of rotatable bonds is 11. The lowest BCUT2D eigenvalue weighted by Gasteiger charge is -2.11. The summed E-state index contributed by atoms with van der Waals surface area (Å²) in [5.74, 6) is 0.265. The van der Waals surface area contributed by atoms with E-state index in [0.717, 1.165) is 16.8 Å². The van der Waals surface area contributed by atoms with Crippen molar-refractivity contribution in [2.75, 3.05) is 12.4 Å². The molecule has 0 aromatic heterocycles. The maximum atomic E-state index is 12.3. The van der Waals surface area contributed by atoms with Gasteiger partial charge < -0.3 is 15.2 Å². The maximum absolute atomic E-state index is 12.3. The van der Waals surface area contributed by atoms with Crippen molar-refractivity contribution < 1.29 is 35.8 Å². The zero-order valence-electron chi connectivity index (χ0n) is 33.4. The average Bonchev–Trinajstić information content (AvgIpc) is 3.29. The van der Waals surface area contributed by atoms with Crippen LogP contribution >= 0.6 is 0 Å². The van der Waals surface area contributed by atoms with Crippen molar-refractivity contribution in [2.45, 2.75) is 9.79 Å². The van der Waals surface area contributed by atoms with Crippen LogP contribution in [0, 0.1) is 0 Å². The summed E-state index contributed by atoms with van der Waals surface area (Å²) in [5.41, 5.74) is 3.59. The minimum absolute atomic E-state index is 0.0407. The van der Waals surface area contributed by atoms with E-state index in [9.17, 15) is 31.0 Å². The molecule has 0 saturated carbocycles. The van der Waals surface area contributed by atoms with Gasteiger partial charge in [0.25, 0.3) is 20.2 Å². The van der Waals surface area contributed by atoms with Crippen LogP contribution in [0.2, 0.25) is 0 Å². The third-order valence-corrected chi connectivity index (χ3v) is 12.1. The summed E-state index contributed by atoms with van der Waals surface area (Å²) in [6.45, 7) is 0. The van der Waals surface area contributed by atoms with Crippen LogP contribution in [-0.4, -0.2) is 38.2 Å². The number of hydrogen-bond acceptors (Lipinski definition) is 13. The Labute approximate surface area is 365 Å². The van der Waals surface area contributed by atoms with Crippen molar-refractivity contribution in [3.8, 4) is 11.5 Å². The summed E-state index contributed by atoms with van der Waals surface area (Å²) < 4.78 is 74.0. The summed E-state index contributed by atoms with van der Waals surface area (Å²) in [5, 5.41) is 45.5. The molecule has 0 fully saturated rings. The Morgan fingerprint density at radius 2 is 1.12 bits per heavy atom. The van der Waals surface area contributed by atoms with Crippen molar-refractivity contribution in [3.63, 3.8) is 0 Å². The molecular formula is C47H33N7O8S2. The zero-order chi connectivity index (χ0) is 44.6. The second kappa shape index (κ2) is 16.7. The van der Waals surface area contributed by atoms with Crippen LogP contribution in [0.4, 0.5) is 45.5 Å². The van der Waals surface area contributed by atoms with E-state index in [0.29, 0.717) is 49.7 Å². The monoisotopic (exact) mass is 887 g/mol. The molecule has 316 valence electrons. The van der Waals surface area contributed by atoms with Gasteiger partial charge in [0, 0.05) is 49.8 Å². The molecule has 0 aliphatic heterocycles. The third kappa shape index (κ3) is 8.34. The van der Waals surface area contributed by atoms with E-state index in [1.165, 1.54) is 43.5 Å². The summed E-state index contributed by atoms with van der Waals surface area (Å²) in [6.07, 6.45) is 0. The molecule has 9 aromatic carbocycles. The predicted molar refractivity (Wildman–Crippen MR) is 246 cm³/mol. The molecule has 4 N–H and O–H groups in total. The topological polar surface area (TPSA) is 224 Å². The molecule has 64 heavy (non-hydrogen) atoms. The number of nitrogens with one attached hydrogen (secondary N) is 1. The average molecular weight is 888 g/mol. The van der Waals surface area contributed by atoms with E-state index in [4.69, 9.17) is 4.74 Å². The fourth-order valence-electron chi connectivity index (χ4n) is 7.28. The number of methoxy groups -OCH3 is 1. The quantitative estimate of drug-likeness (QED) is 0.0715. The van der Waals surface area contributed by atoms with Crippen molar-refractivity contribution >= 4 is 109 Å². The summed E-state index contributed by atoms with van der Waals surface area (Å²) in [4.78, 5) is -0.667. The van der Waals surface area contributed by atoms with Crippen LogP contribution in [-0.2, 0) is 20.2 Å². The maximum Gasteiger partial charge on any atom is 0.295 e. The predicted octanol–water partition coefficient (Wildman–Crippen LogP) is 13.5. The Morgan fingerprint density at radius 3 is 1.89 bits per heavy atom. The highest BCUT2D eigenvalue weighted by Gasteiger charge is 2.18. The number of phenols is 1. The highest BCUT2D eigenvalue weighted by Crippen LogP contribution is 2.45. The highest BCUT2D eigenvalue weighted by molar-refractivity contribution is 7.86. The van der Waals surface area contributed by atoms with E-state index in [2.05, 4.69) is 36.0 Å². The normalized spacial score (nSPS) is 12.4.